The van der Waals surface area contributed by atoms with Gasteiger partial charge in [-0.05, 0) is 130 Å². The van der Waals surface area contributed by atoms with Crippen molar-refractivity contribution in [3.8, 4) is 44.5 Å². The average Bonchev–Trinajstić information content (AvgIpc) is 3.91. The lowest BCUT2D eigenvalue weighted by Gasteiger charge is -2.34. The van der Waals surface area contributed by atoms with E-state index in [0.717, 1.165) is 17.1 Å². The summed E-state index contributed by atoms with van der Waals surface area (Å²) in [5.41, 5.74) is 18.1. The van der Waals surface area contributed by atoms with Gasteiger partial charge >= 0.3 is 0 Å². The lowest BCUT2D eigenvalue weighted by molar-refractivity contribution is 0.769. The summed E-state index contributed by atoms with van der Waals surface area (Å²) in [5.74, 6) is 0. The molecule has 0 unspecified atom stereocenters. The van der Waals surface area contributed by atoms with Crippen molar-refractivity contribution < 1.29 is 0 Å². The van der Waals surface area contributed by atoms with Gasteiger partial charge in [0.15, 0.2) is 8.07 Å². The zero-order chi connectivity index (χ0) is 45.8. The average molecular weight is 894 g/mol. The number of anilines is 3. The quantitative estimate of drug-likeness (QED) is 0.131. The van der Waals surface area contributed by atoms with Crippen molar-refractivity contribution in [1.82, 2.24) is 0 Å². The highest BCUT2D eigenvalue weighted by atomic mass is 28.3. The second kappa shape index (κ2) is 16.6. The summed E-state index contributed by atoms with van der Waals surface area (Å²) < 4.78 is 0. The van der Waals surface area contributed by atoms with Gasteiger partial charge in [-0.1, -0.05) is 243 Å². The Morgan fingerprint density at radius 1 is 0.261 bits per heavy atom. The highest BCUT2D eigenvalue weighted by Gasteiger charge is 2.49. The molecule has 13 rings (SSSR count). The summed E-state index contributed by atoms with van der Waals surface area (Å²) in [6, 6.07) is 106. The molecule has 2 heteroatoms. The zero-order valence-electron chi connectivity index (χ0n) is 38.1. The minimum Gasteiger partial charge on any atom is -0.311 e. The van der Waals surface area contributed by atoms with Crippen molar-refractivity contribution in [1.29, 1.82) is 0 Å². The van der Waals surface area contributed by atoms with Crippen LogP contribution in [-0.2, 0) is 5.41 Å². The first-order chi connectivity index (χ1) is 34.2. The minimum atomic E-state index is -2.73. The Hall–Kier alpha value is -8.56. The van der Waals surface area contributed by atoms with Crippen LogP contribution in [0.2, 0.25) is 0 Å². The van der Waals surface area contributed by atoms with Gasteiger partial charge < -0.3 is 4.90 Å². The van der Waals surface area contributed by atoms with Crippen LogP contribution in [0, 0.1) is 0 Å². The molecular weight excluding hydrogens is 847 g/mol. The van der Waals surface area contributed by atoms with Crippen molar-refractivity contribution in [2.24, 2.45) is 0 Å². The van der Waals surface area contributed by atoms with E-state index in [0.29, 0.717) is 0 Å². The summed E-state index contributed by atoms with van der Waals surface area (Å²) in [6.07, 6.45) is 0. The summed E-state index contributed by atoms with van der Waals surface area (Å²) in [6.45, 7) is 0. The van der Waals surface area contributed by atoms with Crippen LogP contribution in [0.4, 0.5) is 17.1 Å². The van der Waals surface area contributed by atoms with Gasteiger partial charge in [-0.3, -0.25) is 0 Å². The first-order valence-electron chi connectivity index (χ1n) is 24.0. The van der Waals surface area contributed by atoms with E-state index in [4.69, 9.17) is 0 Å². The Morgan fingerprint density at radius 3 is 1.28 bits per heavy atom. The molecule has 0 spiro atoms. The smallest absolute Gasteiger partial charge is 0.180 e. The second-order valence-electron chi connectivity index (χ2n) is 18.3. The van der Waals surface area contributed by atoms with Gasteiger partial charge in [0.1, 0.15) is 0 Å². The van der Waals surface area contributed by atoms with Crippen LogP contribution in [-0.4, -0.2) is 8.07 Å². The molecule has 0 bridgehead atoms. The van der Waals surface area contributed by atoms with Crippen LogP contribution in [0.3, 0.4) is 0 Å². The minimum absolute atomic E-state index is 0.459. The standard InChI is InChI=1S/C67H47NSi/c1-4-20-48(21-5-1)49-38-42-54(43-39-49)68(56-26-19-29-58(47-56)69(57-27-8-3-9-28-57)65-36-16-12-32-61(65)62-33-13-17-37-66(62)69)55-44-40-50(41-45-55)51-22-18-25-53(46-51)67(52-23-6-2-7-24-52)63-34-14-10-30-59(63)60-31-11-15-35-64(60)67/h1-47H. The largest absolute Gasteiger partial charge is 0.311 e. The fourth-order valence-corrected chi connectivity index (χ4v) is 17.1. The molecule has 0 saturated heterocycles. The Labute approximate surface area is 405 Å². The van der Waals surface area contributed by atoms with E-state index >= 15 is 0 Å². The molecule has 0 aromatic heterocycles. The highest BCUT2D eigenvalue weighted by Crippen LogP contribution is 2.56. The first kappa shape index (κ1) is 40.7. The van der Waals surface area contributed by atoms with Crippen LogP contribution in [0.5, 0.6) is 0 Å². The van der Waals surface area contributed by atoms with Crippen LogP contribution >= 0.6 is 0 Å². The fourth-order valence-electron chi connectivity index (χ4n) is 11.9. The molecule has 0 saturated carbocycles. The third-order valence-corrected chi connectivity index (χ3v) is 19.7. The van der Waals surface area contributed by atoms with Crippen LogP contribution in [0.25, 0.3) is 44.5 Å². The molecule has 69 heavy (non-hydrogen) atoms. The van der Waals surface area contributed by atoms with E-state index in [-0.39, 0.29) is 0 Å². The number of fused-ring (bicyclic) bond motifs is 6. The summed E-state index contributed by atoms with van der Waals surface area (Å²) >= 11 is 0. The molecule has 2 aliphatic rings. The Kier molecular flexibility index (Phi) is 9.81. The SMILES string of the molecule is c1ccc(-c2ccc(N(c3ccc(-c4cccc(C5(c6ccccc6)c6ccccc6-c6ccccc65)c4)cc3)c3cccc([Si]4(c5ccccc5)c5ccccc5-c5ccccc54)c3)cc2)cc1. The van der Waals surface area contributed by atoms with E-state index in [2.05, 4.69) is 290 Å². The summed E-state index contributed by atoms with van der Waals surface area (Å²) in [4.78, 5) is 2.44. The highest BCUT2D eigenvalue weighted by molar-refractivity contribution is 7.22. The lowest BCUT2D eigenvalue weighted by Crippen LogP contribution is -2.72. The van der Waals surface area contributed by atoms with Gasteiger partial charge in [0.2, 0.25) is 0 Å². The van der Waals surface area contributed by atoms with Crippen molar-refractivity contribution >= 4 is 45.9 Å². The molecule has 1 nitrogen and oxygen atoms in total. The molecule has 11 aromatic rings. The first-order valence-corrected chi connectivity index (χ1v) is 26.0. The topological polar surface area (TPSA) is 3.24 Å². The van der Waals surface area contributed by atoms with Gasteiger partial charge in [-0.15, -0.1) is 0 Å². The molecule has 0 N–H and O–H groups in total. The van der Waals surface area contributed by atoms with E-state index in [1.807, 2.05) is 0 Å². The molecule has 0 radical (unpaired) electrons. The van der Waals surface area contributed by atoms with Crippen LogP contribution in [0.15, 0.2) is 285 Å². The van der Waals surface area contributed by atoms with Gasteiger partial charge in [-0.2, -0.15) is 0 Å². The third-order valence-electron chi connectivity index (χ3n) is 14.8. The molecule has 1 aliphatic carbocycles. The number of benzene rings is 11. The van der Waals surface area contributed by atoms with Crippen LogP contribution in [0.1, 0.15) is 22.3 Å². The molecule has 1 heterocycles. The van der Waals surface area contributed by atoms with E-state index in [1.54, 1.807) is 0 Å². The lowest BCUT2D eigenvalue weighted by atomic mass is 9.67. The van der Waals surface area contributed by atoms with E-state index < -0.39 is 13.5 Å². The zero-order valence-corrected chi connectivity index (χ0v) is 39.1. The molecule has 0 atom stereocenters. The molecule has 0 amide bonds. The maximum atomic E-state index is 2.49. The van der Waals surface area contributed by atoms with Gasteiger partial charge in [0.25, 0.3) is 0 Å². The van der Waals surface area contributed by atoms with Crippen molar-refractivity contribution in [3.05, 3.63) is 307 Å². The Bertz CT molecular complexity index is 3560. The normalized spacial score (nSPS) is 13.4. The molecular formula is C67H47NSi. The van der Waals surface area contributed by atoms with Crippen LogP contribution < -0.4 is 25.6 Å². The van der Waals surface area contributed by atoms with Gasteiger partial charge in [0, 0.05) is 17.1 Å². The third kappa shape index (κ3) is 6.37. The maximum Gasteiger partial charge on any atom is 0.180 e. The summed E-state index contributed by atoms with van der Waals surface area (Å²) in [7, 11) is -2.73. The molecule has 1 aliphatic heterocycles. The predicted octanol–water partition coefficient (Wildman–Crippen LogP) is 14.2. The number of hydrogen-bond donors (Lipinski definition) is 0. The molecule has 324 valence electrons. The Morgan fingerprint density at radius 2 is 0.681 bits per heavy atom. The number of rotatable bonds is 9. The van der Waals surface area contributed by atoms with E-state index in [9.17, 15) is 0 Å². The maximum absolute atomic E-state index is 2.73. The summed E-state index contributed by atoms with van der Waals surface area (Å²) in [5, 5.41) is 5.64. The van der Waals surface area contributed by atoms with Crippen molar-refractivity contribution in [2.45, 2.75) is 5.41 Å². The van der Waals surface area contributed by atoms with Crippen molar-refractivity contribution in [3.63, 3.8) is 0 Å². The predicted molar refractivity (Wildman–Crippen MR) is 292 cm³/mol. The number of hydrogen-bond acceptors (Lipinski definition) is 1. The van der Waals surface area contributed by atoms with E-state index in [1.165, 1.54) is 87.5 Å². The number of nitrogens with zero attached hydrogens (tertiary/aromatic N) is 1. The van der Waals surface area contributed by atoms with Gasteiger partial charge in [-0.25, -0.2) is 0 Å². The van der Waals surface area contributed by atoms with Crippen molar-refractivity contribution in [2.75, 3.05) is 4.90 Å². The van der Waals surface area contributed by atoms with Gasteiger partial charge in [0.05, 0.1) is 5.41 Å². The Balaban J connectivity index is 0.955. The fraction of sp³-hybridized carbons (Fsp3) is 0.0149. The second-order valence-corrected chi connectivity index (χ2v) is 22.1. The monoisotopic (exact) mass is 893 g/mol. The molecule has 11 aromatic carbocycles. The molecule has 0 fully saturated rings.